The first-order chi connectivity index (χ1) is 12.4. The van der Waals surface area contributed by atoms with Gasteiger partial charge >= 0.3 is 0 Å². The van der Waals surface area contributed by atoms with Gasteiger partial charge < -0.3 is 15.4 Å². The summed E-state index contributed by atoms with van der Waals surface area (Å²) in [5, 5.41) is 5.91. The smallest absolute Gasteiger partial charge is 0.228 e. The Kier molecular flexibility index (Phi) is 5.41. The number of hydrogen-bond donors (Lipinski definition) is 2. The average molecular weight is 375 g/mol. The predicted molar refractivity (Wildman–Crippen MR) is 100 cm³/mol. The molecule has 1 fully saturated rings. The van der Waals surface area contributed by atoms with Crippen molar-refractivity contribution in [1.82, 2.24) is 4.98 Å². The van der Waals surface area contributed by atoms with Crippen molar-refractivity contribution >= 4 is 27.2 Å². The number of nitrogens with zero attached hydrogens (tertiary/aromatic N) is 1. The fraction of sp³-hybridized carbons (Fsp3) is 0.333. The van der Waals surface area contributed by atoms with Gasteiger partial charge in [0, 0.05) is 6.04 Å². The van der Waals surface area contributed by atoms with Crippen LogP contribution in [-0.2, 0) is 21.1 Å². The second-order valence-corrected chi connectivity index (χ2v) is 8.48. The molecule has 1 atom stereocenters. The fourth-order valence-electron chi connectivity index (χ4n) is 2.81. The highest BCUT2D eigenvalue weighted by molar-refractivity contribution is 7.91. The summed E-state index contributed by atoms with van der Waals surface area (Å²) in [5.74, 6) is 1.55. The molecule has 1 aromatic heterocycles. The van der Waals surface area contributed by atoms with E-state index in [2.05, 4.69) is 15.6 Å². The van der Waals surface area contributed by atoms with E-state index in [1.165, 1.54) is 0 Å². The minimum atomic E-state index is -2.93. The highest BCUT2D eigenvalue weighted by atomic mass is 32.2. The molecule has 0 aliphatic carbocycles. The lowest BCUT2D eigenvalue weighted by Gasteiger charge is -2.12. The molecule has 3 rings (SSSR count). The lowest BCUT2D eigenvalue weighted by molar-refractivity contribution is -0.115. The van der Waals surface area contributed by atoms with Crippen molar-refractivity contribution in [2.24, 2.45) is 0 Å². The minimum Gasteiger partial charge on any atom is -0.497 e. The summed E-state index contributed by atoms with van der Waals surface area (Å²) in [7, 11) is -1.33. The third-order valence-electron chi connectivity index (χ3n) is 4.16. The van der Waals surface area contributed by atoms with Gasteiger partial charge in [0.05, 0.1) is 36.9 Å². The van der Waals surface area contributed by atoms with E-state index in [1.54, 1.807) is 25.4 Å². The molecule has 8 heteroatoms. The molecule has 2 N–H and O–H groups in total. The van der Waals surface area contributed by atoms with Crippen molar-refractivity contribution in [2.75, 3.05) is 29.2 Å². The van der Waals surface area contributed by atoms with Gasteiger partial charge in [-0.1, -0.05) is 12.1 Å². The van der Waals surface area contributed by atoms with Gasteiger partial charge in [0.1, 0.15) is 11.6 Å². The number of aromatic nitrogens is 1. The fourth-order valence-corrected chi connectivity index (χ4v) is 4.48. The first-order valence-electron chi connectivity index (χ1n) is 8.29. The number of ether oxygens (including phenoxy) is 1. The van der Waals surface area contributed by atoms with Crippen LogP contribution in [0.15, 0.2) is 42.6 Å². The Morgan fingerprint density at radius 1 is 1.23 bits per heavy atom. The van der Waals surface area contributed by atoms with Crippen LogP contribution in [0.25, 0.3) is 0 Å². The quantitative estimate of drug-likeness (QED) is 0.800. The molecule has 2 aromatic rings. The van der Waals surface area contributed by atoms with Gasteiger partial charge in [-0.05, 0) is 36.2 Å². The van der Waals surface area contributed by atoms with Gasteiger partial charge in [0.25, 0.3) is 0 Å². The maximum absolute atomic E-state index is 12.1. The Balaban J connectivity index is 1.52. The number of sulfone groups is 1. The van der Waals surface area contributed by atoms with E-state index in [-0.39, 0.29) is 29.9 Å². The molecule has 138 valence electrons. The van der Waals surface area contributed by atoms with Crippen molar-refractivity contribution in [3.05, 3.63) is 48.2 Å². The summed E-state index contributed by atoms with van der Waals surface area (Å²) in [4.78, 5) is 16.4. The summed E-state index contributed by atoms with van der Waals surface area (Å²) in [6.07, 6.45) is 2.39. The van der Waals surface area contributed by atoms with Crippen molar-refractivity contribution in [1.29, 1.82) is 0 Å². The molecule has 0 saturated carbocycles. The average Bonchev–Trinajstić information content (AvgIpc) is 2.96. The number of methoxy groups -OCH3 is 1. The number of nitrogens with one attached hydrogen (secondary N) is 2. The van der Waals surface area contributed by atoms with Gasteiger partial charge in [0.15, 0.2) is 9.84 Å². The second-order valence-electron chi connectivity index (χ2n) is 6.25. The van der Waals surface area contributed by atoms with E-state index in [0.29, 0.717) is 17.9 Å². The molecule has 0 bridgehead atoms. The molecule has 7 nitrogen and oxygen atoms in total. The van der Waals surface area contributed by atoms with E-state index in [0.717, 1.165) is 11.3 Å². The number of rotatable bonds is 6. The number of benzene rings is 1. The standard InChI is InChI=1S/C18H21N3O4S/c1-25-16-5-2-13(3-6-16)10-18(22)21-14-4-7-17(19-11-14)20-15-8-9-26(23,24)12-15/h2-7,11,15H,8-10,12H2,1H3,(H,19,20)(H,21,22). The van der Waals surface area contributed by atoms with E-state index in [1.807, 2.05) is 24.3 Å². The monoisotopic (exact) mass is 375 g/mol. The molecule has 2 heterocycles. The zero-order chi connectivity index (χ0) is 18.6. The van der Waals surface area contributed by atoms with Crippen LogP contribution in [0.3, 0.4) is 0 Å². The summed E-state index contributed by atoms with van der Waals surface area (Å²) in [6, 6.07) is 10.7. The summed E-state index contributed by atoms with van der Waals surface area (Å²) >= 11 is 0. The van der Waals surface area contributed by atoms with Gasteiger partial charge in [0.2, 0.25) is 5.91 Å². The molecular weight excluding hydrogens is 354 g/mol. The zero-order valence-corrected chi connectivity index (χ0v) is 15.3. The van der Waals surface area contributed by atoms with Crippen molar-refractivity contribution in [2.45, 2.75) is 18.9 Å². The van der Waals surface area contributed by atoms with Crippen LogP contribution in [0.1, 0.15) is 12.0 Å². The summed E-state index contributed by atoms with van der Waals surface area (Å²) in [6.45, 7) is 0. The van der Waals surface area contributed by atoms with E-state index in [4.69, 9.17) is 4.74 Å². The minimum absolute atomic E-state index is 0.108. The SMILES string of the molecule is COc1ccc(CC(=O)Nc2ccc(NC3CCS(=O)(=O)C3)nc2)cc1. The lowest BCUT2D eigenvalue weighted by atomic mass is 10.1. The Morgan fingerprint density at radius 2 is 2.00 bits per heavy atom. The normalized spacial score (nSPS) is 18.3. The van der Waals surface area contributed by atoms with Gasteiger partial charge in [-0.3, -0.25) is 4.79 Å². The highest BCUT2D eigenvalue weighted by Gasteiger charge is 2.27. The predicted octanol–water partition coefficient (Wildman–Crippen LogP) is 1.87. The first-order valence-corrected chi connectivity index (χ1v) is 10.1. The van der Waals surface area contributed by atoms with Gasteiger partial charge in [-0.15, -0.1) is 0 Å². The van der Waals surface area contributed by atoms with Crippen LogP contribution >= 0.6 is 0 Å². The Bertz CT molecular complexity index is 864. The van der Waals surface area contributed by atoms with Crippen molar-refractivity contribution in [3.8, 4) is 5.75 Å². The van der Waals surface area contributed by atoms with Gasteiger partial charge in [-0.25, -0.2) is 13.4 Å². The summed E-state index contributed by atoms with van der Waals surface area (Å²) in [5.41, 5.74) is 1.48. The molecule has 1 unspecified atom stereocenters. The Morgan fingerprint density at radius 3 is 2.58 bits per heavy atom. The molecular formula is C18H21N3O4S. The van der Waals surface area contributed by atoms with Crippen molar-refractivity contribution in [3.63, 3.8) is 0 Å². The third kappa shape index (κ3) is 4.95. The second kappa shape index (κ2) is 7.74. The van der Waals surface area contributed by atoms with Crippen LogP contribution < -0.4 is 15.4 Å². The van der Waals surface area contributed by atoms with E-state index >= 15 is 0 Å². The van der Waals surface area contributed by atoms with E-state index < -0.39 is 9.84 Å². The molecule has 0 spiro atoms. The van der Waals surface area contributed by atoms with Crippen molar-refractivity contribution < 1.29 is 17.9 Å². The number of amides is 1. The zero-order valence-electron chi connectivity index (χ0n) is 14.4. The largest absolute Gasteiger partial charge is 0.497 e. The highest BCUT2D eigenvalue weighted by Crippen LogP contribution is 2.18. The molecule has 26 heavy (non-hydrogen) atoms. The molecule has 1 aromatic carbocycles. The maximum atomic E-state index is 12.1. The topological polar surface area (TPSA) is 97.4 Å². The number of carbonyl (C=O) groups excluding carboxylic acids is 1. The first kappa shape index (κ1) is 18.2. The van der Waals surface area contributed by atoms with Gasteiger partial charge in [-0.2, -0.15) is 0 Å². The lowest BCUT2D eigenvalue weighted by Crippen LogP contribution is -2.21. The Hall–Kier alpha value is -2.61. The number of anilines is 2. The van der Waals surface area contributed by atoms with Crippen LogP contribution in [0, 0.1) is 0 Å². The van der Waals surface area contributed by atoms with E-state index in [9.17, 15) is 13.2 Å². The number of hydrogen-bond acceptors (Lipinski definition) is 6. The van der Waals surface area contributed by atoms with Crippen LogP contribution in [-0.4, -0.2) is 44.0 Å². The summed E-state index contributed by atoms with van der Waals surface area (Å²) < 4.78 is 28.0. The number of pyridine rings is 1. The molecule has 1 saturated heterocycles. The number of carbonyl (C=O) groups is 1. The molecule has 0 radical (unpaired) electrons. The molecule has 1 aliphatic heterocycles. The Labute approximate surface area is 152 Å². The van der Waals surface area contributed by atoms with Crippen LogP contribution in [0.5, 0.6) is 5.75 Å². The molecule has 1 amide bonds. The molecule has 1 aliphatic rings. The maximum Gasteiger partial charge on any atom is 0.228 e. The van der Waals surface area contributed by atoms with Crippen LogP contribution in [0.2, 0.25) is 0 Å². The third-order valence-corrected chi connectivity index (χ3v) is 5.92. The van der Waals surface area contributed by atoms with Crippen LogP contribution in [0.4, 0.5) is 11.5 Å².